The number of rotatable bonds is 2. The Kier molecular flexibility index (Phi) is 3.29. The van der Waals surface area contributed by atoms with Gasteiger partial charge in [0.05, 0.1) is 5.52 Å². The smallest absolute Gasteiger partial charge is 0.194 e. The molecule has 0 atom stereocenters. The van der Waals surface area contributed by atoms with E-state index in [1.807, 2.05) is 54.6 Å². The van der Waals surface area contributed by atoms with Gasteiger partial charge in [-0.05, 0) is 46.9 Å². The Bertz CT molecular complexity index is 762. The minimum Gasteiger partial charge on any atom is -0.289 e. The third-order valence-corrected chi connectivity index (χ3v) is 3.95. The molecule has 0 saturated heterocycles. The van der Waals surface area contributed by atoms with Gasteiger partial charge in [0.1, 0.15) is 0 Å². The molecule has 0 fully saturated rings. The number of ketones is 1. The van der Waals surface area contributed by atoms with Crippen molar-refractivity contribution in [3.05, 3.63) is 75.5 Å². The highest BCUT2D eigenvalue weighted by Crippen LogP contribution is 2.22. The number of fused-ring (bicyclic) bond motifs is 1. The van der Waals surface area contributed by atoms with E-state index in [0.717, 1.165) is 20.0 Å². The lowest BCUT2D eigenvalue weighted by Crippen LogP contribution is -2.04. The van der Waals surface area contributed by atoms with E-state index in [1.54, 1.807) is 6.20 Å². The normalized spacial score (nSPS) is 10.6. The summed E-state index contributed by atoms with van der Waals surface area (Å²) in [5.41, 5.74) is 2.29. The fraction of sp³-hybridized carbons (Fsp3) is 0. The molecule has 3 heteroatoms. The summed E-state index contributed by atoms with van der Waals surface area (Å²) < 4.78 is 0.964. The lowest BCUT2D eigenvalue weighted by Gasteiger charge is -2.06. The molecule has 0 unspecified atom stereocenters. The Balaban J connectivity index is 2.20. The highest BCUT2D eigenvalue weighted by molar-refractivity contribution is 14.1. The van der Waals surface area contributed by atoms with Gasteiger partial charge >= 0.3 is 0 Å². The van der Waals surface area contributed by atoms with Crippen LogP contribution in [0.4, 0.5) is 0 Å². The van der Waals surface area contributed by atoms with E-state index in [2.05, 4.69) is 27.6 Å². The summed E-state index contributed by atoms with van der Waals surface area (Å²) >= 11 is 2.19. The summed E-state index contributed by atoms with van der Waals surface area (Å²) in [4.78, 5) is 16.9. The summed E-state index contributed by atoms with van der Waals surface area (Å²) in [5, 5.41) is 0.898. The second-order valence-corrected chi connectivity index (χ2v) is 5.35. The van der Waals surface area contributed by atoms with Crippen molar-refractivity contribution in [2.75, 3.05) is 0 Å². The maximum absolute atomic E-state index is 12.6. The SMILES string of the molecule is O=C(c1ccccc1I)c1cccc2ncccc12. The molecule has 0 saturated carbocycles. The molecule has 19 heavy (non-hydrogen) atoms. The summed E-state index contributed by atoms with van der Waals surface area (Å²) in [7, 11) is 0. The van der Waals surface area contributed by atoms with Crippen molar-refractivity contribution in [1.82, 2.24) is 4.98 Å². The zero-order valence-electron chi connectivity index (χ0n) is 10.0. The molecule has 92 valence electrons. The molecule has 3 aromatic rings. The summed E-state index contributed by atoms with van der Waals surface area (Å²) in [6.45, 7) is 0. The standard InChI is InChI=1S/C16H10INO/c17-14-8-2-1-5-13(14)16(19)12-6-3-9-15-11(12)7-4-10-18-15/h1-10H. The molecule has 0 aliphatic rings. The van der Waals surface area contributed by atoms with Crippen LogP contribution in [0.2, 0.25) is 0 Å². The number of carbonyl (C=O) groups is 1. The lowest BCUT2D eigenvalue weighted by atomic mass is 9.99. The topological polar surface area (TPSA) is 30.0 Å². The highest BCUT2D eigenvalue weighted by Gasteiger charge is 2.14. The molecule has 1 heterocycles. The number of benzene rings is 2. The first-order valence-corrected chi connectivity index (χ1v) is 6.98. The van der Waals surface area contributed by atoms with Crippen molar-refractivity contribution in [3.8, 4) is 0 Å². The maximum atomic E-state index is 12.6. The van der Waals surface area contributed by atoms with Gasteiger partial charge in [-0.1, -0.05) is 30.3 Å². The minimum atomic E-state index is 0.0450. The number of nitrogens with zero attached hydrogens (tertiary/aromatic N) is 1. The molecule has 0 aliphatic heterocycles. The molecule has 2 aromatic carbocycles. The monoisotopic (exact) mass is 359 g/mol. The van der Waals surface area contributed by atoms with Crippen molar-refractivity contribution in [2.45, 2.75) is 0 Å². The Morgan fingerprint density at radius 1 is 0.895 bits per heavy atom. The Morgan fingerprint density at radius 2 is 1.68 bits per heavy atom. The molecular weight excluding hydrogens is 349 g/mol. The van der Waals surface area contributed by atoms with Gasteiger partial charge in [0.2, 0.25) is 0 Å². The van der Waals surface area contributed by atoms with Crippen molar-refractivity contribution in [1.29, 1.82) is 0 Å². The van der Waals surface area contributed by atoms with Crippen molar-refractivity contribution in [2.24, 2.45) is 0 Å². The number of hydrogen-bond acceptors (Lipinski definition) is 2. The summed E-state index contributed by atoms with van der Waals surface area (Å²) in [6.07, 6.45) is 1.74. The van der Waals surface area contributed by atoms with Gasteiger partial charge in [0.15, 0.2) is 5.78 Å². The zero-order chi connectivity index (χ0) is 13.2. The van der Waals surface area contributed by atoms with Crippen molar-refractivity contribution >= 4 is 39.3 Å². The summed E-state index contributed by atoms with van der Waals surface area (Å²) in [5.74, 6) is 0.0450. The number of hydrogen-bond donors (Lipinski definition) is 0. The van der Waals surface area contributed by atoms with E-state index >= 15 is 0 Å². The predicted octanol–water partition coefficient (Wildman–Crippen LogP) is 4.07. The Hall–Kier alpha value is -1.75. The maximum Gasteiger partial charge on any atom is 0.194 e. The van der Waals surface area contributed by atoms with E-state index in [9.17, 15) is 4.79 Å². The van der Waals surface area contributed by atoms with E-state index in [4.69, 9.17) is 0 Å². The average molecular weight is 359 g/mol. The molecule has 2 nitrogen and oxygen atoms in total. The van der Waals surface area contributed by atoms with Crippen molar-refractivity contribution < 1.29 is 4.79 Å². The first-order valence-electron chi connectivity index (χ1n) is 5.90. The largest absolute Gasteiger partial charge is 0.289 e. The highest BCUT2D eigenvalue weighted by atomic mass is 127. The van der Waals surface area contributed by atoms with Crippen LogP contribution in [-0.4, -0.2) is 10.8 Å². The molecular formula is C16H10INO. The van der Waals surface area contributed by atoms with Gasteiger partial charge < -0.3 is 0 Å². The van der Waals surface area contributed by atoms with Gasteiger partial charge in [-0.15, -0.1) is 0 Å². The second kappa shape index (κ2) is 5.09. The first-order chi connectivity index (χ1) is 9.27. The van der Waals surface area contributed by atoms with Gasteiger partial charge in [-0.3, -0.25) is 9.78 Å². The van der Waals surface area contributed by atoms with Crippen LogP contribution in [0.15, 0.2) is 60.8 Å². The van der Waals surface area contributed by atoms with Gasteiger partial charge in [-0.25, -0.2) is 0 Å². The Labute approximate surface area is 124 Å². The predicted molar refractivity (Wildman–Crippen MR) is 84.3 cm³/mol. The molecule has 0 aliphatic carbocycles. The Morgan fingerprint density at radius 3 is 2.53 bits per heavy atom. The van der Waals surface area contributed by atoms with Crippen LogP contribution in [0, 0.1) is 3.57 Å². The van der Waals surface area contributed by atoms with E-state index in [1.165, 1.54) is 0 Å². The van der Waals surface area contributed by atoms with Crippen LogP contribution >= 0.6 is 22.6 Å². The van der Waals surface area contributed by atoms with Crippen LogP contribution in [0.3, 0.4) is 0 Å². The number of halogens is 1. The fourth-order valence-corrected chi connectivity index (χ4v) is 2.72. The van der Waals surface area contributed by atoms with E-state index < -0.39 is 0 Å². The second-order valence-electron chi connectivity index (χ2n) is 4.18. The van der Waals surface area contributed by atoms with Crippen LogP contribution in [0.5, 0.6) is 0 Å². The third-order valence-electron chi connectivity index (χ3n) is 3.01. The van der Waals surface area contributed by atoms with E-state index in [0.29, 0.717) is 5.56 Å². The van der Waals surface area contributed by atoms with Crippen LogP contribution in [0.25, 0.3) is 10.9 Å². The molecule has 3 rings (SSSR count). The zero-order valence-corrected chi connectivity index (χ0v) is 12.2. The van der Waals surface area contributed by atoms with Crippen molar-refractivity contribution in [3.63, 3.8) is 0 Å². The molecule has 0 bridgehead atoms. The van der Waals surface area contributed by atoms with Gasteiger partial charge in [0.25, 0.3) is 0 Å². The fourth-order valence-electron chi connectivity index (χ4n) is 2.09. The minimum absolute atomic E-state index is 0.0450. The lowest BCUT2D eigenvalue weighted by molar-refractivity contribution is 0.103. The van der Waals surface area contributed by atoms with Gasteiger partial charge in [0, 0.05) is 26.3 Å². The molecule has 0 amide bonds. The average Bonchev–Trinajstić information content (AvgIpc) is 2.46. The van der Waals surface area contributed by atoms with Crippen LogP contribution in [0.1, 0.15) is 15.9 Å². The van der Waals surface area contributed by atoms with Crippen LogP contribution < -0.4 is 0 Å². The van der Waals surface area contributed by atoms with E-state index in [-0.39, 0.29) is 5.78 Å². The first kappa shape index (κ1) is 12.3. The third kappa shape index (κ3) is 2.26. The molecule has 0 radical (unpaired) electrons. The number of carbonyl (C=O) groups excluding carboxylic acids is 1. The number of aromatic nitrogens is 1. The van der Waals surface area contributed by atoms with Gasteiger partial charge in [-0.2, -0.15) is 0 Å². The number of pyridine rings is 1. The molecule has 1 aromatic heterocycles. The molecule has 0 N–H and O–H groups in total. The quantitative estimate of drug-likeness (QED) is 0.510. The van der Waals surface area contributed by atoms with Crippen LogP contribution in [-0.2, 0) is 0 Å². The molecule has 0 spiro atoms. The summed E-state index contributed by atoms with van der Waals surface area (Å²) in [6, 6.07) is 17.1.